The first kappa shape index (κ1) is 22.9. The number of hydrogen-bond donors (Lipinski definition) is 1. The van der Waals surface area contributed by atoms with E-state index in [-0.39, 0.29) is 35.9 Å². The van der Waals surface area contributed by atoms with Gasteiger partial charge >= 0.3 is 5.97 Å². The first-order valence-corrected chi connectivity index (χ1v) is 11.5. The number of amides is 1. The third-order valence-electron chi connectivity index (χ3n) is 5.92. The molecule has 0 radical (unpaired) electrons. The fourth-order valence-electron chi connectivity index (χ4n) is 4.27. The molecule has 9 nitrogen and oxygen atoms in total. The molecule has 1 unspecified atom stereocenters. The van der Waals surface area contributed by atoms with Crippen LogP contribution in [0.15, 0.2) is 59.3 Å². The molecule has 4 atom stereocenters. The lowest BCUT2D eigenvalue weighted by Crippen LogP contribution is -2.63. The summed E-state index contributed by atoms with van der Waals surface area (Å²) in [6.07, 6.45) is 0.876. The number of carbonyl (C=O) groups is 2. The Morgan fingerprint density at radius 2 is 2.03 bits per heavy atom. The number of aliphatic hydroxyl groups excluding tert-OH is 1. The average Bonchev–Trinajstić information content (AvgIpc) is 3.04. The van der Waals surface area contributed by atoms with Gasteiger partial charge in [0.1, 0.15) is 12.3 Å². The monoisotopic (exact) mass is 469 g/mol. The number of rotatable bonds is 8. The van der Waals surface area contributed by atoms with E-state index >= 15 is 0 Å². The summed E-state index contributed by atoms with van der Waals surface area (Å²) in [7, 11) is 0. The molecule has 1 saturated heterocycles. The predicted molar refractivity (Wildman–Crippen MR) is 120 cm³/mol. The topological polar surface area (TPSA) is 123 Å². The number of β-lactam (4-membered cyclic amide) rings is 1. The number of hydrogen-bond acceptors (Lipinski definition) is 8. The van der Waals surface area contributed by atoms with Gasteiger partial charge in [0.15, 0.2) is 0 Å². The van der Waals surface area contributed by atoms with Crippen LogP contribution in [0, 0.1) is 22.0 Å². The first-order chi connectivity index (χ1) is 15.8. The summed E-state index contributed by atoms with van der Waals surface area (Å²) < 4.78 is 5.49. The summed E-state index contributed by atoms with van der Waals surface area (Å²) in [6.45, 7) is 3.44. The Bertz CT molecular complexity index is 1100. The highest BCUT2D eigenvalue weighted by molar-refractivity contribution is 8.02. The highest BCUT2D eigenvalue weighted by Crippen LogP contribution is 2.51. The van der Waals surface area contributed by atoms with Gasteiger partial charge in [-0.15, -0.1) is 11.8 Å². The van der Waals surface area contributed by atoms with E-state index in [1.54, 1.807) is 13.1 Å². The van der Waals surface area contributed by atoms with Crippen LogP contribution in [-0.4, -0.2) is 43.9 Å². The molecule has 10 heteroatoms. The van der Waals surface area contributed by atoms with Crippen LogP contribution >= 0.6 is 11.8 Å². The zero-order chi connectivity index (χ0) is 23.7. The molecule has 1 aromatic heterocycles. The van der Waals surface area contributed by atoms with Gasteiger partial charge < -0.3 is 14.7 Å². The highest BCUT2D eigenvalue weighted by Gasteiger charge is 2.60. The van der Waals surface area contributed by atoms with Crippen LogP contribution < -0.4 is 0 Å². The summed E-state index contributed by atoms with van der Waals surface area (Å²) in [5.41, 5.74) is 1.59. The Kier molecular flexibility index (Phi) is 6.48. The van der Waals surface area contributed by atoms with Crippen LogP contribution in [0.1, 0.15) is 25.1 Å². The van der Waals surface area contributed by atoms with Crippen molar-refractivity contribution in [1.29, 1.82) is 0 Å². The average molecular weight is 470 g/mol. The lowest BCUT2D eigenvalue weighted by atomic mass is 9.79. The van der Waals surface area contributed by atoms with Crippen molar-refractivity contribution in [3.63, 3.8) is 0 Å². The van der Waals surface area contributed by atoms with E-state index in [1.807, 2.05) is 25.1 Å². The zero-order valence-corrected chi connectivity index (χ0v) is 18.9. The fourth-order valence-corrected chi connectivity index (χ4v) is 5.47. The summed E-state index contributed by atoms with van der Waals surface area (Å²) in [6, 6.07) is 11.0. The number of non-ortho nitro benzene ring substituents is 1. The van der Waals surface area contributed by atoms with Crippen LogP contribution in [0.3, 0.4) is 0 Å². The third kappa shape index (κ3) is 4.36. The number of nitro groups is 1. The number of aliphatic hydroxyl groups is 1. The quantitative estimate of drug-likeness (QED) is 0.271. The Morgan fingerprint density at radius 3 is 2.64 bits per heavy atom. The molecule has 1 N–H and O–H groups in total. The largest absolute Gasteiger partial charge is 0.456 e. The zero-order valence-electron chi connectivity index (χ0n) is 18.1. The van der Waals surface area contributed by atoms with Gasteiger partial charge in [-0.25, -0.2) is 4.79 Å². The van der Waals surface area contributed by atoms with Gasteiger partial charge in [-0.2, -0.15) is 0 Å². The number of aromatic nitrogens is 1. The van der Waals surface area contributed by atoms with E-state index in [9.17, 15) is 24.8 Å². The predicted octanol–water partition coefficient (Wildman–Crippen LogP) is 3.04. The second kappa shape index (κ2) is 9.32. The van der Waals surface area contributed by atoms with Crippen LogP contribution in [0.4, 0.5) is 5.69 Å². The molecule has 1 aromatic carbocycles. The summed E-state index contributed by atoms with van der Waals surface area (Å²) in [4.78, 5) is 42.7. The number of fused-ring (bicyclic) bond motifs is 1. The van der Waals surface area contributed by atoms with E-state index in [4.69, 9.17) is 4.74 Å². The molecular formula is C23H23N3O6S. The van der Waals surface area contributed by atoms with E-state index < -0.39 is 22.9 Å². The van der Waals surface area contributed by atoms with E-state index in [1.165, 1.54) is 40.9 Å². The number of carbonyl (C=O) groups excluding carboxylic acids is 2. The van der Waals surface area contributed by atoms with Crippen molar-refractivity contribution in [2.45, 2.75) is 38.4 Å². The van der Waals surface area contributed by atoms with Crippen LogP contribution in [0.5, 0.6) is 0 Å². The van der Waals surface area contributed by atoms with Crippen molar-refractivity contribution in [3.8, 4) is 0 Å². The number of nitrogens with zero attached hydrogens (tertiary/aromatic N) is 3. The summed E-state index contributed by atoms with van der Waals surface area (Å²) in [5, 5.41) is 20.9. The summed E-state index contributed by atoms with van der Waals surface area (Å²) in [5.74, 6) is -1.11. The molecule has 33 heavy (non-hydrogen) atoms. The smallest absolute Gasteiger partial charge is 0.356 e. The maximum Gasteiger partial charge on any atom is 0.356 e. The Morgan fingerprint density at radius 1 is 1.30 bits per heavy atom. The second-order valence-electron chi connectivity index (χ2n) is 8.08. The van der Waals surface area contributed by atoms with Crippen molar-refractivity contribution in [3.05, 3.63) is 80.6 Å². The molecular weight excluding hydrogens is 446 g/mol. The molecule has 2 aromatic rings. The lowest BCUT2D eigenvalue weighted by Gasteiger charge is -2.46. The number of ether oxygens (including phenoxy) is 1. The van der Waals surface area contributed by atoms with Crippen LogP contribution in [-0.2, 0) is 26.7 Å². The van der Waals surface area contributed by atoms with Crippen molar-refractivity contribution in [2.75, 3.05) is 0 Å². The number of pyridine rings is 1. The van der Waals surface area contributed by atoms with E-state index in [0.29, 0.717) is 11.3 Å². The minimum absolute atomic E-state index is 0.0520. The van der Waals surface area contributed by atoms with Crippen LogP contribution in [0.25, 0.3) is 0 Å². The number of nitro benzene ring substituents is 1. The van der Waals surface area contributed by atoms with Gasteiger partial charge in [-0.05, 0) is 36.8 Å². The van der Waals surface area contributed by atoms with Crippen molar-refractivity contribution < 1.29 is 24.4 Å². The molecule has 2 aliphatic heterocycles. The molecule has 0 bridgehead atoms. The Hall–Kier alpha value is -3.24. The summed E-state index contributed by atoms with van der Waals surface area (Å²) >= 11 is 1.44. The third-order valence-corrected chi connectivity index (χ3v) is 7.24. The normalized spacial score (nSPS) is 22.6. The lowest BCUT2D eigenvalue weighted by molar-refractivity contribution is -0.384. The number of benzene rings is 1. The maximum atomic E-state index is 13.1. The molecule has 2 aliphatic rings. The molecule has 0 spiro atoms. The van der Waals surface area contributed by atoms with Crippen molar-refractivity contribution in [2.24, 2.45) is 11.8 Å². The van der Waals surface area contributed by atoms with Crippen LogP contribution in [0.2, 0.25) is 0 Å². The van der Waals surface area contributed by atoms with Gasteiger partial charge in [-0.3, -0.25) is 19.9 Å². The fraction of sp³-hybridized carbons (Fsp3) is 0.348. The molecule has 1 amide bonds. The Balaban J connectivity index is 1.55. The highest BCUT2D eigenvalue weighted by atomic mass is 32.2. The first-order valence-electron chi connectivity index (χ1n) is 10.5. The minimum Gasteiger partial charge on any atom is -0.456 e. The van der Waals surface area contributed by atoms with E-state index in [2.05, 4.69) is 4.98 Å². The SMILES string of the molecule is C[C@H]1C(SCc2ccccn2)=C(C(=O)OCc2ccc([N+](=O)[O-])cc2)N2C(=O)[C@@H]([C@@H](C)O)C12. The maximum absolute atomic E-state index is 13.1. The molecule has 4 rings (SSSR count). The molecule has 0 aliphatic carbocycles. The van der Waals surface area contributed by atoms with E-state index in [0.717, 1.165) is 10.6 Å². The molecule has 3 heterocycles. The van der Waals surface area contributed by atoms with Gasteiger partial charge in [0.2, 0.25) is 5.91 Å². The van der Waals surface area contributed by atoms with Gasteiger partial charge in [-0.1, -0.05) is 13.0 Å². The van der Waals surface area contributed by atoms with Gasteiger partial charge in [0, 0.05) is 34.9 Å². The minimum atomic E-state index is -0.821. The molecule has 1 fully saturated rings. The number of thioether (sulfide) groups is 1. The molecule has 0 saturated carbocycles. The Labute approximate surface area is 194 Å². The van der Waals surface area contributed by atoms with Gasteiger partial charge in [0.05, 0.1) is 28.7 Å². The van der Waals surface area contributed by atoms with Crippen molar-refractivity contribution >= 4 is 29.3 Å². The number of esters is 1. The second-order valence-corrected chi connectivity index (χ2v) is 9.09. The van der Waals surface area contributed by atoms with Crippen molar-refractivity contribution in [1.82, 2.24) is 9.88 Å². The van der Waals surface area contributed by atoms with Gasteiger partial charge in [0.25, 0.3) is 5.69 Å². The standard InChI is InChI=1S/C23H23N3O6S/c1-13-19-18(14(2)27)22(28)25(19)20(21(13)33-12-16-5-3-4-10-24-16)23(29)32-11-15-6-8-17(9-7-15)26(30)31/h3-10,13-14,18-19,27H,11-12H2,1-2H3/t13-,14-,18+,19?/m1/s1. The molecule has 172 valence electrons.